The molecule has 1 aromatic rings. The normalized spacial score (nSPS) is 15.3. The van der Waals surface area contributed by atoms with Gasteiger partial charge in [-0.2, -0.15) is 0 Å². The highest BCUT2D eigenvalue weighted by atomic mass is 16.4. The van der Waals surface area contributed by atoms with E-state index in [1.165, 1.54) is 6.42 Å². The average Bonchev–Trinajstić information content (AvgIpc) is 2.47. The van der Waals surface area contributed by atoms with Gasteiger partial charge in [-0.25, -0.2) is 0 Å². The van der Waals surface area contributed by atoms with Gasteiger partial charge in [0.2, 0.25) is 5.91 Å². The van der Waals surface area contributed by atoms with Gasteiger partial charge in [0.25, 0.3) is 0 Å². The summed E-state index contributed by atoms with van der Waals surface area (Å²) in [5, 5.41) is 12.1. The number of carboxylic acids is 1. The van der Waals surface area contributed by atoms with Gasteiger partial charge in [0.15, 0.2) is 0 Å². The van der Waals surface area contributed by atoms with Crippen molar-refractivity contribution in [2.75, 3.05) is 18.0 Å². The van der Waals surface area contributed by atoms with Crippen molar-refractivity contribution >= 4 is 17.6 Å². The van der Waals surface area contributed by atoms with Crippen LogP contribution in [0.15, 0.2) is 24.3 Å². The van der Waals surface area contributed by atoms with Gasteiger partial charge < -0.3 is 15.3 Å². The molecule has 0 saturated heterocycles. The first-order valence-corrected chi connectivity index (χ1v) is 7.87. The van der Waals surface area contributed by atoms with Gasteiger partial charge in [-0.15, -0.1) is 0 Å². The number of anilines is 1. The third-order valence-corrected chi connectivity index (χ3v) is 4.00. The maximum absolute atomic E-state index is 12.2. The number of rotatable bonds is 6. The zero-order chi connectivity index (χ0) is 15.9. The number of carbonyl (C=O) groups is 2. The molecule has 0 unspecified atom stereocenters. The summed E-state index contributed by atoms with van der Waals surface area (Å²) in [5.41, 5.74) is 1.81. The minimum atomic E-state index is -0.938. The third-order valence-electron chi connectivity index (χ3n) is 4.00. The molecule has 1 aliphatic carbocycles. The fraction of sp³-hybridized carbons (Fsp3) is 0.529. The van der Waals surface area contributed by atoms with E-state index >= 15 is 0 Å². The van der Waals surface area contributed by atoms with Crippen molar-refractivity contribution in [3.05, 3.63) is 29.8 Å². The van der Waals surface area contributed by atoms with Crippen molar-refractivity contribution in [2.45, 2.75) is 45.1 Å². The summed E-state index contributed by atoms with van der Waals surface area (Å²) in [7, 11) is 0. The summed E-state index contributed by atoms with van der Waals surface area (Å²) in [4.78, 5) is 24.9. The van der Waals surface area contributed by atoms with Crippen LogP contribution in [0.3, 0.4) is 0 Å². The topological polar surface area (TPSA) is 69.6 Å². The van der Waals surface area contributed by atoms with E-state index in [1.54, 1.807) is 4.90 Å². The third kappa shape index (κ3) is 5.06. The van der Waals surface area contributed by atoms with Gasteiger partial charge in [0, 0.05) is 11.7 Å². The van der Waals surface area contributed by atoms with Crippen LogP contribution in [0, 0.1) is 6.92 Å². The van der Waals surface area contributed by atoms with E-state index in [0.29, 0.717) is 0 Å². The number of nitrogens with zero attached hydrogens (tertiary/aromatic N) is 1. The summed E-state index contributed by atoms with van der Waals surface area (Å²) in [6.07, 6.45) is 5.59. The minimum Gasteiger partial charge on any atom is -0.480 e. The Morgan fingerprint density at radius 2 is 1.95 bits per heavy atom. The van der Waals surface area contributed by atoms with E-state index in [1.807, 2.05) is 31.2 Å². The lowest BCUT2D eigenvalue weighted by Gasteiger charge is -2.26. The van der Waals surface area contributed by atoms with Crippen molar-refractivity contribution < 1.29 is 14.7 Å². The summed E-state index contributed by atoms with van der Waals surface area (Å²) in [6.45, 7) is 1.85. The number of amides is 1. The van der Waals surface area contributed by atoms with E-state index in [9.17, 15) is 9.59 Å². The molecule has 0 heterocycles. The molecule has 2 N–H and O–H groups in total. The van der Waals surface area contributed by atoms with E-state index < -0.39 is 5.97 Å². The number of nitrogens with one attached hydrogen (secondary N) is 1. The molecule has 120 valence electrons. The average molecular weight is 304 g/mol. The van der Waals surface area contributed by atoms with Gasteiger partial charge in [0.05, 0.1) is 6.54 Å². The first-order valence-electron chi connectivity index (χ1n) is 7.87. The highest BCUT2D eigenvalue weighted by Gasteiger charge is 2.19. The fourth-order valence-corrected chi connectivity index (χ4v) is 2.92. The Hall–Kier alpha value is -2.04. The number of aryl methyl sites for hydroxylation is 1. The Morgan fingerprint density at radius 3 is 2.59 bits per heavy atom. The van der Waals surface area contributed by atoms with Crippen LogP contribution in [0.2, 0.25) is 0 Å². The van der Waals surface area contributed by atoms with Gasteiger partial charge in [-0.1, -0.05) is 31.4 Å². The molecule has 0 bridgehead atoms. The summed E-state index contributed by atoms with van der Waals surface area (Å²) < 4.78 is 0. The minimum absolute atomic E-state index is 0.0756. The van der Waals surface area contributed by atoms with Crippen LogP contribution in [0.25, 0.3) is 0 Å². The molecule has 5 nitrogen and oxygen atoms in total. The maximum Gasteiger partial charge on any atom is 0.323 e. The van der Waals surface area contributed by atoms with E-state index in [2.05, 4.69) is 5.32 Å². The standard InChI is InChI=1S/C17H24N2O3/c1-13-6-5-9-15(10-13)19(12-17(21)22)11-16(20)18-14-7-3-2-4-8-14/h5-6,9-10,14H,2-4,7-8,11-12H2,1H3,(H,18,20)(H,21,22). The van der Waals surface area contributed by atoms with Crippen LogP contribution in [0.1, 0.15) is 37.7 Å². The largest absolute Gasteiger partial charge is 0.480 e. The van der Waals surface area contributed by atoms with Gasteiger partial charge >= 0.3 is 5.97 Å². The lowest BCUT2D eigenvalue weighted by atomic mass is 9.95. The van der Waals surface area contributed by atoms with Crippen LogP contribution < -0.4 is 10.2 Å². The lowest BCUT2D eigenvalue weighted by molar-refractivity contribution is -0.135. The Kier molecular flexibility index (Phi) is 5.81. The highest BCUT2D eigenvalue weighted by molar-refractivity contribution is 5.84. The summed E-state index contributed by atoms with van der Waals surface area (Å²) in [5.74, 6) is -1.04. The highest BCUT2D eigenvalue weighted by Crippen LogP contribution is 2.18. The number of benzene rings is 1. The van der Waals surface area contributed by atoms with Gasteiger partial charge in [0.1, 0.15) is 6.54 Å². The van der Waals surface area contributed by atoms with Gasteiger partial charge in [-0.3, -0.25) is 9.59 Å². The molecule has 1 amide bonds. The maximum atomic E-state index is 12.2. The molecule has 1 fully saturated rings. The number of carbonyl (C=O) groups excluding carboxylic acids is 1. The smallest absolute Gasteiger partial charge is 0.323 e. The Labute approximate surface area is 131 Å². The molecular formula is C17H24N2O3. The molecule has 0 radical (unpaired) electrons. The SMILES string of the molecule is Cc1cccc(N(CC(=O)O)CC(=O)NC2CCCCC2)c1. The first-order chi connectivity index (χ1) is 10.5. The molecule has 0 atom stereocenters. The molecule has 22 heavy (non-hydrogen) atoms. The monoisotopic (exact) mass is 304 g/mol. The van der Waals surface area contributed by atoms with E-state index in [-0.39, 0.29) is 25.0 Å². The van der Waals surface area contributed by atoms with Crippen molar-refractivity contribution in [3.8, 4) is 0 Å². The van der Waals surface area contributed by atoms with Crippen molar-refractivity contribution in [3.63, 3.8) is 0 Å². The molecule has 0 aromatic heterocycles. The van der Waals surface area contributed by atoms with Crippen LogP contribution in [0.5, 0.6) is 0 Å². The molecule has 5 heteroatoms. The number of aliphatic carboxylic acids is 1. The van der Waals surface area contributed by atoms with Crippen LogP contribution in [-0.2, 0) is 9.59 Å². The molecule has 1 aromatic carbocycles. The zero-order valence-electron chi connectivity index (χ0n) is 13.0. The number of hydrogen-bond acceptors (Lipinski definition) is 3. The second-order valence-electron chi connectivity index (χ2n) is 5.99. The molecule has 2 rings (SSSR count). The molecular weight excluding hydrogens is 280 g/mol. The van der Waals surface area contributed by atoms with E-state index in [0.717, 1.165) is 36.9 Å². The summed E-state index contributed by atoms with van der Waals surface area (Å²) in [6, 6.07) is 7.80. The zero-order valence-corrected chi connectivity index (χ0v) is 13.0. The van der Waals surface area contributed by atoms with Crippen LogP contribution in [0.4, 0.5) is 5.69 Å². The molecule has 0 spiro atoms. The molecule has 1 saturated carbocycles. The predicted molar refractivity (Wildman–Crippen MR) is 86.0 cm³/mol. The lowest BCUT2D eigenvalue weighted by Crippen LogP contribution is -2.44. The quantitative estimate of drug-likeness (QED) is 0.846. The molecule has 0 aliphatic heterocycles. The second-order valence-corrected chi connectivity index (χ2v) is 5.99. The Bertz CT molecular complexity index is 524. The molecule has 1 aliphatic rings. The van der Waals surface area contributed by atoms with Gasteiger partial charge in [-0.05, 0) is 37.5 Å². The second kappa shape index (κ2) is 7.82. The Balaban J connectivity index is 1.99. The number of hydrogen-bond donors (Lipinski definition) is 2. The summed E-state index contributed by atoms with van der Waals surface area (Å²) >= 11 is 0. The van der Waals surface area contributed by atoms with Crippen LogP contribution >= 0.6 is 0 Å². The number of carboxylic acid groups (broad SMARTS) is 1. The first kappa shape index (κ1) is 16.3. The van der Waals surface area contributed by atoms with E-state index in [4.69, 9.17) is 5.11 Å². The van der Waals surface area contributed by atoms with Crippen molar-refractivity contribution in [1.29, 1.82) is 0 Å². The van der Waals surface area contributed by atoms with Crippen molar-refractivity contribution in [1.82, 2.24) is 5.32 Å². The van der Waals surface area contributed by atoms with Crippen molar-refractivity contribution in [2.24, 2.45) is 0 Å². The fourth-order valence-electron chi connectivity index (χ4n) is 2.92. The Morgan fingerprint density at radius 1 is 1.23 bits per heavy atom. The predicted octanol–water partition coefficient (Wildman–Crippen LogP) is 2.33. The van der Waals surface area contributed by atoms with Crippen LogP contribution in [-0.4, -0.2) is 36.1 Å².